The van der Waals surface area contributed by atoms with E-state index in [0.29, 0.717) is 50.6 Å². The second-order valence-electron chi connectivity index (χ2n) is 21.3. The van der Waals surface area contributed by atoms with Gasteiger partial charge in [-0.2, -0.15) is 0 Å². The maximum Gasteiger partial charge on any atom is 0.313 e. The summed E-state index contributed by atoms with van der Waals surface area (Å²) >= 11 is 0. The Morgan fingerprint density at radius 3 is 2.00 bits per heavy atom. The van der Waals surface area contributed by atoms with Gasteiger partial charge in [-0.3, -0.25) is 28.8 Å². The quantitative estimate of drug-likeness (QED) is 0.102. The first-order valence-electron chi connectivity index (χ1n) is 25.9. The predicted molar refractivity (Wildman–Crippen MR) is 263 cm³/mol. The summed E-state index contributed by atoms with van der Waals surface area (Å²) < 4.78 is 24.8. The molecule has 388 valence electrons. The van der Waals surface area contributed by atoms with Gasteiger partial charge in [0.1, 0.15) is 17.9 Å². The lowest BCUT2D eigenvalue weighted by Crippen LogP contribution is -2.59. The molecule has 4 fully saturated rings. The van der Waals surface area contributed by atoms with E-state index in [2.05, 4.69) is 16.0 Å². The molecular weight excluding hydrogens is 881 g/mol. The number of likely N-dealkylation sites (N-methyl/N-ethyl adjacent to an activating group) is 2. The molecule has 1 aromatic rings. The summed E-state index contributed by atoms with van der Waals surface area (Å²) in [4.78, 5) is 88.3. The molecule has 0 radical (unpaired) electrons. The standard InChI is InChI=1S/C53H86N6O10/c1-13-31(6)46(58(10)52(64)45(30(4)5)57-51(63)44(55-9)29(2)3)40(66-11)28-41(60)59-27-17-20-37(59)48(67-12)32(7)50(62)56-33(8)49(35-18-15-14-16-19-35)69-53(65)43-39-26-25-38(68-39)42(43)47(61)34-21-23-36(54)24-22-34/h14-16,18-19,29-34,36-40,42-46,48-49,55H,13,17,20-28,54H2,1-12H3,(H,56,62)(H,57,63)/t31-,32+,33+,34?,36?,37-,38?,39?,40+,42?,43?,44-,45-,46-,48+,49+/m0/s1. The minimum Gasteiger partial charge on any atom is -0.455 e. The number of amides is 4. The topological polar surface area (TPSA) is 208 Å². The number of rotatable bonds is 24. The molecule has 4 aliphatic rings. The van der Waals surface area contributed by atoms with Gasteiger partial charge >= 0.3 is 5.97 Å². The van der Waals surface area contributed by atoms with E-state index in [1.54, 1.807) is 52.0 Å². The normalized spacial score (nSPS) is 27.4. The molecule has 0 aromatic heterocycles. The SMILES string of the molecule is CC[C@H](C)[C@@H]([C@@H](CC(=O)N1CCC[C@H]1[C@H](OC)[C@@H](C)C(=O)N[C@H](C)[C@@H](OC(=O)C1C2CCC(O2)C1C(=O)C1CCC(N)CC1)c1ccccc1)OC)N(C)C(=O)[C@@H](NC(=O)[C@@H](NC)C(C)C)C(C)C. The third kappa shape index (κ3) is 13.1. The van der Waals surface area contributed by atoms with Crippen LogP contribution in [0.4, 0.5) is 0 Å². The number of nitrogens with one attached hydrogen (secondary N) is 3. The minimum absolute atomic E-state index is 0.0109. The Balaban J connectivity index is 1.28. The molecule has 16 heteroatoms. The molecule has 4 amide bonds. The highest BCUT2D eigenvalue weighted by atomic mass is 16.6. The number of fused-ring (bicyclic) bond motifs is 2. The molecule has 3 aliphatic heterocycles. The van der Waals surface area contributed by atoms with Gasteiger partial charge in [0.25, 0.3) is 0 Å². The molecule has 0 spiro atoms. The van der Waals surface area contributed by atoms with Crippen molar-refractivity contribution in [2.75, 3.05) is 34.9 Å². The number of carbonyl (C=O) groups is 6. The number of likely N-dealkylation sites (tertiary alicyclic amines) is 1. The van der Waals surface area contributed by atoms with E-state index in [-0.39, 0.29) is 71.7 Å². The van der Waals surface area contributed by atoms with Crippen LogP contribution in [0.1, 0.15) is 131 Å². The fourth-order valence-electron chi connectivity index (χ4n) is 11.8. The van der Waals surface area contributed by atoms with Crippen molar-refractivity contribution in [3.05, 3.63) is 35.9 Å². The maximum atomic E-state index is 14.5. The highest BCUT2D eigenvalue weighted by molar-refractivity contribution is 5.91. The molecule has 3 heterocycles. The smallest absolute Gasteiger partial charge is 0.313 e. The van der Waals surface area contributed by atoms with Crippen LogP contribution in [0.5, 0.6) is 0 Å². The summed E-state index contributed by atoms with van der Waals surface area (Å²) in [5.41, 5.74) is 6.86. The van der Waals surface area contributed by atoms with Crippen molar-refractivity contribution in [3.63, 3.8) is 0 Å². The number of carbonyl (C=O) groups excluding carboxylic acids is 6. The molecule has 3 saturated heterocycles. The fourth-order valence-corrected chi connectivity index (χ4v) is 11.8. The van der Waals surface area contributed by atoms with E-state index in [9.17, 15) is 28.8 Å². The molecule has 14 atom stereocenters. The molecule has 5 rings (SSSR count). The average molecular weight is 967 g/mol. The summed E-state index contributed by atoms with van der Waals surface area (Å²) in [6, 6.07) is 6.53. The number of esters is 1. The molecule has 16 nitrogen and oxygen atoms in total. The van der Waals surface area contributed by atoms with Crippen molar-refractivity contribution >= 4 is 35.4 Å². The monoisotopic (exact) mass is 967 g/mol. The van der Waals surface area contributed by atoms with Gasteiger partial charge in [0.05, 0.1) is 72.8 Å². The molecule has 69 heavy (non-hydrogen) atoms. The summed E-state index contributed by atoms with van der Waals surface area (Å²) in [5, 5.41) is 9.18. The minimum atomic E-state index is -0.866. The zero-order valence-electron chi connectivity index (χ0n) is 43.6. The fraction of sp³-hybridized carbons (Fsp3) is 0.774. The van der Waals surface area contributed by atoms with Gasteiger partial charge in [0.2, 0.25) is 23.6 Å². The van der Waals surface area contributed by atoms with Crippen molar-refractivity contribution in [2.24, 2.45) is 47.2 Å². The molecular formula is C53H86N6O10. The van der Waals surface area contributed by atoms with Gasteiger partial charge < -0.3 is 50.4 Å². The number of nitrogens with zero attached hydrogens (tertiary/aromatic N) is 2. The summed E-state index contributed by atoms with van der Waals surface area (Å²) in [6.07, 6.45) is 3.51. The van der Waals surface area contributed by atoms with Crippen molar-refractivity contribution in [3.8, 4) is 0 Å². The third-order valence-electron chi connectivity index (χ3n) is 16.0. The Kier molecular flexibility index (Phi) is 20.6. The zero-order valence-corrected chi connectivity index (χ0v) is 43.6. The second kappa shape index (κ2) is 25.4. The average Bonchev–Trinajstić information content (AvgIpc) is 4.10. The van der Waals surface area contributed by atoms with Gasteiger partial charge in [-0.1, -0.05) is 85.2 Å². The number of ether oxygens (including phenoxy) is 4. The molecule has 1 saturated carbocycles. The summed E-state index contributed by atoms with van der Waals surface area (Å²) in [6.45, 7) is 15.8. The van der Waals surface area contributed by atoms with Crippen LogP contribution < -0.4 is 21.7 Å². The lowest BCUT2D eigenvalue weighted by atomic mass is 9.71. The Morgan fingerprint density at radius 1 is 0.812 bits per heavy atom. The van der Waals surface area contributed by atoms with E-state index >= 15 is 0 Å². The number of nitrogens with two attached hydrogens (primary N) is 1. The van der Waals surface area contributed by atoms with Gasteiger partial charge in [0, 0.05) is 39.8 Å². The number of benzene rings is 1. The molecule has 1 aromatic carbocycles. The van der Waals surface area contributed by atoms with Crippen LogP contribution in [0.15, 0.2) is 30.3 Å². The maximum absolute atomic E-state index is 14.5. The lowest BCUT2D eigenvalue weighted by molar-refractivity contribution is -0.162. The van der Waals surface area contributed by atoms with Crippen molar-refractivity contribution in [1.29, 1.82) is 0 Å². The van der Waals surface area contributed by atoms with Crippen LogP contribution in [0.2, 0.25) is 0 Å². The van der Waals surface area contributed by atoms with Crippen LogP contribution in [-0.4, -0.2) is 141 Å². The molecule has 5 N–H and O–H groups in total. The Bertz CT molecular complexity index is 1880. The molecule has 1 aliphatic carbocycles. The number of hydrogen-bond donors (Lipinski definition) is 4. The number of ketones is 1. The van der Waals surface area contributed by atoms with E-state index < -0.39 is 78.3 Å². The van der Waals surface area contributed by atoms with E-state index in [1.165, 1.54) is 0 Å². The van der Waals surface area contributed by atoms with Crippen molar-refractivity contribution < 1.29 is 47.7 Å². The van der Waals surface area contributed by atoms with Gasteiger partial charge in [-0.15, -0.1) is 0 Å². The predicted octanol–water partition coefficient (Wildman–Crippen LogP) is 4.96. The van der Waals surface area contributed by atoms with E-state index in [4.69, 9.17) is 24.7 Å². The van der Waals surface area contributed by atoms with Crippen molar-refractivity contribution in [2.45, 2.75) is 186 Å². The van der Waals surface area contributed by atoms with E-state index in [0.717, 1.165) is 19.3 Å². The third-order valence-corrected chi connectivity index (χ3v) is 16.0. The molecule has 4 unspecified atom stereocenters. The summed E-state index contributed by atoms with van der Waals surface area (Å²) in [5.74, 6) is -3.85. The highest BCUT2D eigenvalue weighted by Gasteiger charge is 2.57. The van der Waals surface area contributed by atoms with Crippen LogP contribution >= 0.6 is 0 Å². The van der Waals surface area contributed by atoms with Gasteiger partial charge in [-0.25, -0.2) is 0 Å². The van der Waals surface area contributed by atoms with E-state index in [1.807, 2.05) is 71.9 Å². The number of Topliss-reactive ketones (excluding diaryl/α,β-unsaturated/α-hetero) is 1. The van der Waals surface area contributed by atoms with Crippen LogP contribution in [0.3, 0.4) is 0 Å². The zero-order chi connectivity index (χ0) is 50.9. The van der Waals surface area contributed by atoms with Gasteiger partial charge in [-0.05, 0) is 88.7 Å². The van der Waals surface area contributed by atoms with Gasteiger partial charge in [0.15, 0.2) is 0 Å². The van der Waals surface area contributed by atoms with Crippen LogP contribution in [0.25, 0.3) is 0 Å². The number of hydrogen-bond acceptors (Lipinski definition) is 12. The first-order valence-corrected chi connectivity index (χ1v) is 25.9. The van der Waals surface area contributed by atoms with Crippen molar-refractivity contribution in [1.82, 2.24) is 25.8 Å². The molecule has 2 bridgehead atoms. The van der Waals surface area contributed by atoms with Crippen LogP contribution in [0, 0.1) is 41.4 Å². The number of methoxy groups -OCH3 is 2. The van der Waals surface area contributed by atoms with Crippen LogP contribution in [-0.2, 0) is 47.7 Å². The highest BCUT2D eigenvalue weighted by Crippen LogP contribution is 2.47. The first-order chi connectivity index (χ1) is 32.8. The largest absolute Gasteiger partial charge is 0.455 e. The second-order valence-corrected chi connectivity index (χ2v) is 21.3. The summed E-state index contributed by atoms with van der Waals surface area (Å²) in [7, 11) is 6.55. The first kappa shape index (κ1) is 56.0. The lowest BCUT2D eigenvalue weighted by Gasteiger charge is -2.41. The Hall–Kier alpha value is -3.96. The Morgan fingerprint density at radius 2 is 1.43 bits per heavy atom. The Labute approximate surface area is 411 Å².